The number of rotatable bonds is 68. The smallest absolute Gasteiger partial charge is 0.391 e. The highest BCUT2D eigenvalue weighted by Gasteiger charge is 2.28. The first-order chi connectivity index (χ1) is 43.5. The molecule has 0 aromatic carbocycles. The molecule has 89 heavy (non-hydrogen) atoms. The number of hydrogen-bond acceptors (Lipinski definition) is 5. The van der Waals surface area contributed by atoms with Gasteiger partial charge in [0.25, 0.3) is 0 Å². The van der Waals surface area contributed by atoms with E-state index in [9.17, 15) is 19.4 Å². The Balaban J connectivity index is 4.06. The summed E-state index contributed by atoms with van der Waals surface area (Å²) in [5.74, 6) is -0.149. The molecule has 0 aromatic heterocycles. The van der Waals surface area contributed by atoms with Gasteiger partial charge < -0.3 is 19.8 Å². The van der Waals surface area contributed by atoms with Crippen LogP contribution in [0.15, 0.2) is 122 Å². The number of nitrogens with one attached hydrogen (secondary N) is 1. The molecule has 0 fully saturated rings. The van der Waals surface area contributed by atoms with Crippen molar-refractivity contribution < 1.29 is 32.9 Å². The number of hydrogen-bond donors (Lipinski definition) is 3. The van der Waals surface area contributed by atoms with Crippen LogP contribution in [0.2, 0.25) is 0 Å². The van der Waals surface area contributed by atoms with Crippen molar-refractivity contribution in [3.8, 4) is 0 Å². The Morgan fingerprint density at radius 2 is 0.674 bits per heavy atom. The molecule has 3 unspecified atom stereocenters. The number of phosphoric acid groups is 1. The summed E-state index contributed by atoms with van der Waals surface area (Å²) in [6, 6.07) is -0.772. The minimum absolute atomic E-state index is 0.0696. The third-order valence-corrected chi connectivity index (χ3v) is 17.5. The Labute approximate surface area is 552 Å². The third kappa shape index (κ3) is 72.2. The molecular weight excluding hydrogens is 1120 g/mol. The molecule has 0 saturated carbocycles. The SMILES string of the molecule is CC/C=C\C/C=C\C/C=C\C/C=C\C/C=C\C/C=C\C/C=C\C/C=C\C/C=C\C/C=C\CCCCCCCCCCCCC(=O)NC(COP(=O)(O)OCC[N+](C)(C)C)C(O)CCCCCCCCCCCCCCCCCCCCCCCCCCCC. The standard InChI is InChI=1S/C80H143N2O6P/c1-6-8-10-12-14-16-18-20-22-24-26-28-30-32-34-35-36-37-38-39-40-41-42-43-44-45-46-47-48-50-52-54-56-58-60-62-64-66-68-70-72-74-80(84)81-78(77-88-89(85,86)87-76-75-82(3,4)5)79(83)73-71-69-67-65-63-61-59-57-55-53-51-49-33-31-29-27-25-23-21-19-17-15-13-11-9-7-2/h8,10,14,16,20,22,26,28,32,34,36-37,39-40,42-43,45-46,48,50,78-79,83H,6-7,9,11-13,15,17-19,21,23-25,27,29-31,33,35,38,41,44,47,49,51-77H2,1-5H3,(H-,81,84,85,86)/p+1/b10-8-,16-14-,22-20-,28-26-,34-32-,37-36-,40-39-,43-42-,46-45-,50-48-. The first kappa shape index (κ1) is 85.9. The van der Waals surface area contributed by atoms with Gasteiger partial charge in [-0.05, 0) is 89.9 Å². The summed E-state index contributed by atoms with van der Waals surface area (Å²) < 4.78 is 23.9. The maximum Gasteiger partial charge on any atom is 0.472 e. The normalized spacial score (nSPS) is 14.3. The number of allylic oxidation sites excluding steroid dienone is 20. The molecule has 0 radical (unpaired) electrons. The molecular formula is C80H144N2O6P+. The molecule has 1 amide bonds. The molecule has 0 aliphatic carbocycles. The molecule has 0 heterocycles. The lowest BCUT2D eigenvalue weighted by atomic mass is 10.0. The zero-order valence-corrected chi connectivity index (χ0v) is 59.8. The number of nitrogens with zero attached hydrogens (tertiary/aromatic N) is 1. The van der Waals surface area contributed by atoms with Crippen LogP contribution in [0.4, 0.5) is 0 Å². The van der Waals surface area contributed by atoms with Gasteiger partial charge >= 0.3 is 7.82 Å². The van der Waals surface area contributed by atoms with E-state index in [1.807, 2.05) is 21.1 Å². The van der Waals surface area contributed by atoms with Crippen LogP contribution in [0.5, 0.6) is 0 Å². The van der Waals surface area contributed by atoms with Gasteiger partial charge in [0.1, 0.15) is 13.2 Å². The van der Waals surface area contributed by atoms with E-state index in [1.54, 1.807) is 0 Å². The molecule has 514 valence electrons. The lowest BCUT2D eigenvalue weighted by molar-refractivity contribution is -0.870. The van der Waals surface area contributed by atoms with Crippen LogP contribution < -0.4 is 5.32 Å². The first-order valence-electron chi connectivity index (χ1n) is 37.4. The van der Waals surface area contributed by atoms with Crippen LogP contribution in [0, 0.1) is 0 Å². The summed E-state index contributed by atoms with van der Waals surface area (Å²) in [5, 5.41) is 14.2. The van der Waals surface area contributed by atoms with Gasteiger partial charge in [0, 0.05) is 6.42 Å². The fourth-order valence-corrected chi connectivity index (χ4v) is 11.5. The predicted octanol–water partition coefficient (Wildman–Crippen LogP) is 24.4. The molecule has 0 saturated heterocycles. The zero-order valence-electron chi connectivity index (χ0n) is 58.9. The van der Waals surface area contributed by atoms with E-state index in [2.05, 4.69) is 141 Å². The number of phosphoric ester groups is 1. The van der Waals surface area contributed by atoms with Crippen molar-refractivity contribution in [1.29, 1.82) is 0 Å². The van der Waals surface area contributed by atoms with Gasteiger partial charge in [0.2, 0.25) is 5.91 Å². The van der Waals surface area contributed by atoms with E-state index in [0.29, 0.717) is 23.9 Å². The first-order valence-corrected chi connectivity index (χ1v) is 38.9. The average molecular weight is 1260 g/mol. The summed E-state index contributed by atoms with van der Waals surface area (Å²) in [7, 11) is 1.61. The quantitative estimate of drug-likeness (QED) is 0.0243. The van der Waals surface area contributed by atoms with Crippen LogP contribution in [-0.4, -0.2) is 73.4 Å². The minimum Gasteiger partial charge on any atom is -0.391 e. The predicted molar refractivity (Wildman–Crippen MR) is 392 cm³/mol. The van der Waals surface area contributed by atoms with Gasteiger partial charge in [-0.15, -0.1) is 0 Å². The minimum atomic E-state index is -4.34. The van der Waals surface area contributed by atoms with E-state index >= 15 is 0 Å². The van der Waals surface area contributed by atoms with Crippen molar-refractivity contribution in [3.05, 3.63) is 122 Å². The molecule has 0 aliphatic heterocycles. The maximum absolute atomic E-state index is 13.1. The molecule has 0 spiro atoms. The van der Waals surface area contributed by atoms with Gasteiger partial charge in [-0.2, -0.15) is 0 Å². The van der Waals surface area contributed by atoms with E-state index in [1.165, 1.54) is 193 Å². The van der Waals surface area contributed by atoms with Crippen molar-refractivity contribution in [3.63, 3.8) is 0 Å². The van der Waals surface area contributed by atoms with Gasteiger partial charge in [0.05, 0.1) is 39.9 Å². The Morgan fingerprint density at radius 3 is 0.989 bits per heavy atom. The number of aliphatic hydroxyl groups excluding tert-OH is 1. The molecule has 3 N–H and O–H groups in total. The van der Waals surface area contributed by atoms with Crippen molar-refractivity contribution in [1.82, 2.24) is 5.32 Å². The van der Waals surface area contributed by atoms with E-state index in [0.717, 1.165) is 109 Å². The molecule has 8 nitrogen and oxygen atoms in total. The molecule has 3 atom stereocenters. The van der Waals surface area contributed by atoms with Crippen LogP contribution in [0.1, 0.15) is 328 Å². The second kappa shape index (κ2) is 69.2. The number of aliphatic hydroxyl groups is 1. The highest BCUT2D eigenvalue weighted by Crippen LogP contribution is 2.43. The molecule has 0 aromatic rings. The van der Waals surface area contributed by atoms with Gasteiger partial charge in [-0.3, -0.25) is 13.8 Å². The number of carbonyl (C=O) groups excluding carboxylic acids is 1. The van der Waals surface area contributed by atoms with Crippen molar-refractivity contribution >= 4 is 13.7 Å². The van der Waals surface area contributed by atoms with Crippen molar-refractivity contribution in [2.45, 2.75) is 341 Å². The average Bonchev–Trinajstić information content (AvgIpc) is 3.61. The number of likely N-dealkylation sites (N-methyl/N-ethyl adjacent to an activating group) is 1. The third-order valence-electron chi connectivity index (χ3n) is 16.5. The zero-order chi connectivity index (χ0) is 64.8. The van der Waals surface area contributed by atoms with Gasteiger partial charge in [-0.1, -0.05) is 354 Å². The van der Waals surface area contributed by atoms with Gasteiger partial charge in [-0.25, -0.2) is 4.57 Å². The topological polar surface area (TPSA) is 105 Å². The summed E-state index contributed by atoms with van der Waals surface area (Å²) in [5.41, 5.74) is 0. The fourth-order valence-electron chi connectivity index (χ4n) is 10.7. The van der Waals surface area contributed by atoms with Gasteiger partial charge in [0.15, 0.2) is 0 Å². The van der Waals surface area contributed by atoms with E-state index in [4.69, 9.17) is 9.05 Å². The van der Waals surface area contributed by atoms with Crippen LogP contribution >= 0.6 is 7.82 Å². The monoisotopic (exact) mass is 1260 g/mol. The summed E-state index contributed by atoms with van der Waals surface area (Å²) in [6.45, 7) is 4.80. The van der Waals surface area contributed by atoms with Crippen LogP contribution in [0.25, 0.3) is 0 Å². The summed E-state index contributed by atoms with van der Waals surface area (Å²) >= 11 is 0. The van der Waals surface area contributed by atoms with Crippen molar-refractivity contribution in [2.75, 3.05) is 40.9 Å². The molecule has 0 rings (SSSR count). The highest BCUT2D eigenvalue weighted by atomic mass is 31.2. The molecule has 0 bridgehead atoms. The Hall–Kier alpha value is -3.10. The number of quaternary nitrogens is 1. The lowest BCUT2D eigenvalue weighted by Crippen LogP contribution is -2.46. The Kier molecular flexibility index (Phi) is 66.8. The Bertz CT molecular complexity index is 1870. The van der Waals surface area contributed by atoms with Crippen LogP contribution in [0.3, 0.4) is 0 Å². The highest BCUT2D eigenvalue weighted by molar-refractivity contribution is 7.47. The number of unbranched alkanes of at least 4 members (excludes halogenated alkanes) is 35. The fraction of sp³-hybridized carbons (Fsp3) is 0.738. The second-order valence-corrected chi connectivity index (χ2v) is 27.8. The van der Waals surface area contributed by atoms with Crippen molar-refractivity contribution in [2.24, 2.45) is 0 Å². The summed E-state index contributed by atoms with van der Waals surface area (Å²) in [6.07, 6.45) is 103. The number of amides is 1. The maximum atomic E-state index is 13.1. The van der Waals surface area contributed by atoms with Crippen LogP contribution in [-0.2, 0) is 18.4 Å². The lowest BCUT2D eigenvalue weighted by Gasteiger charge is -2.26. The summed E-state index contributed by atoms with van der Waals surface area (Å²) in [4.78, 5) is 23.5. The molecule has 0 aliphatic rings. The van der Waals surface area contributed by atoms with E-state index < -0.39 is 20.0 Å². The largest absolute Gasteiger partial charge is 0.472 e. The second-order valence-electron chi connectivity index (χ2n) is 26.3. The molecule has 9 heteroatoms. The Morgan fingerprint density at radius 1 is 0.393 bits per heavy atom. The number of carbonyl (C=O) groups is 1. The van der Waals surface area contributed by atoms with E-state index in [-0.39, 0.29) is 19.1 Å².